The molecule has 0 bridgehead atoms. The van der Waals surface area contributed by atoms with Gasteiger partial charge in [0.15, 0.2) is 11.5 Å². The van der Waals surface area contributed by atoms with Gasteiger partial charge in [0.1, 0.15) is 13.2 Å². The summed E-state index contributed by atoms with van der Waals surface area (Å²) in [5, 5.41) is 2.89. The molecule has 0 radical (unpaired) electrons. The number of halogens is 1. The predicted octanol–water partition coefficient (Wildman–Crippen LogP) is 6.22. The largest absolute Gasteiger partial charge is 0.493 e. The molecular weight excluding hydrogens is 512 g/mol. The molecule has 3 aromatic carbocycles. The highest BCUT2D eigenvalue weighted by molar-refractivity contribution is 8.18. The summed E-state index contributed by atoms with van der Waals surface area (Å²) in [6, 6.07) is 18.1. The Labute approximate surface area is 224 Å². The fraction of sp³-hybridized carbons (Fsp3) is 0.179. The van der Waals surface area contributed by atoms with Gasteiger partial charge in [-0.25, -0.2) is 0 Å². The molecule has 0 aliphatic carbocycles. The number of amides is 3. The van der Waals surface area contributed by atoms with Crippen molar-refractivity contribution in [2.45, 2.75) is 20.5 Å². The van der Waals surface area contributed by atoms with Crippen LogP contribution >= 0.6 is 23.4 Å². The maximum absolute atomic E-state index is 12.9. The van der Waals surface area contributed by atoms with Crippen molar-refractivity contribution in [3.05, 3.63) is 92.8 Å². The number of imide groups is 1. The number of thioether (sulfide) groups is 1. The van der Waals surface area contributed by atoms with Crippen LogP contribution in [0.3, 0.4) is 0 Å². The summed E-state index contributed by atoms with van der Waals surface area (Å²) >= 11 is 6.99. The summed E-state index contributed by atoms with van der Waals surface area (Å²) in [4.78, 5) is 39.1. The molecule has 1 saturated heterocycles. The summed E-state index contributed by atoms with van der Waals surface area (Å²) in [5.74, 6) is 0.00629. The maximum atomic E-state index is 12.9. The van der Waals surface area contributed by atoms with E-state index in [-0.39, 0.29) is 18.1 Å². The summed E-state index contributed by atoms with van der Waals surface area (Å²) < 4.78 is 11.3. The number of nitrogens with one attached hydrogen (secondary N) is 1. The Balaban J connectivity index is 1.44. The average Bonchev–Trinajstić information content (AvgIpc) is 3.14. The Morgan fingerprint density at radius 2 is 1.84 bits per heavy atom. The lowest BCUT2D eigenvalue weighted by Crippen LogP contribution is -2.36. The van der Waals surface area contributed by atoms with Crippen molar-refractivity contribution < 1.29 is 23.9 Å². The van der Waals surface area contributed by atoms with Crippen LogP contribution in [0.4, 0.5) is 10.5 Å². The first-order valence-corrected chi connectivity index (χ1v) is 12.6. The van der Waals surface area contributed by atoms with Crippen molar-refractivity contribution in [1.82, 2.24) is 4.90 Å². The molecule has 0 aromatic heterocycles. The number of benzene rings is 3. The first-order chi connectivity index (χ1) is 17.8. The second kappa shape index (κ2) is 11.5. The second-order valence-corrected chi connectivity index (χ2v) is 9.75. The molecule has 1 fully saturated rings. The lowest BCUT2D eigenvalue weighted by molar-refractivity contribution is -0.127. The van der Waals surface area contributed by atoms with Crippen molar-refractivity contribution in [3.8, 4) is 11.5 Å². The molecule has 1 heterocycles. The molecule has 0 unspecified atom stereocenters. The van der Waals surface area contributed by atoms with Crippen molar-refractivity contribution in [2.24, 2.45) is 0 Å². The third-order valence-corrected chi connectivity index (χ3v) is 7.16. The number of anilines is 1. The summed E-state index contributed by atoms with van der Waals surface area (Å²) in [6.45, 7) is 3.74. The van der Waals surface area contributed by atoms with E-state index in [1.165, 1.54) is 7.11 Å². The average molecular weight is 537 g/mol. The molecule has 37 heavy (non-hydrogen) atoms. The van der Waals surface area contributed by atoms with Crippen molar-refractivity contribution in [2.75, 3.05) is 19.0 Å². The van der Waals surface area contributed by atoms with Crippen molar-refractivity contribution in [3.63, 3.8) is 0 Å². The highest BCUT2D eigenvalue weighted by Crippen LogP contribution is 2.35. The third-order valence-electron chi connectivity index (χ3n) is 5.88. The van der Waals surface area contributed by atoms with E-state index < -0.39 is 17.1 Å². The van der Waals surface area contributed by atoms with Crippen LogP contribution in [0.5, 0.6) is 11.5 Å². The summed E-state index contributed by atoms with van der Waals surface area (Å²) in [6.07, 6.45) is 1.59. The fourth-order valence-corrected chi connectivity index (χ4v) is 4.70. The number of methoxy groups -OCH3 is 1. The monoisotopic (exact) mass is 536 g/mol. The molecule has 1 aliphatic rings. The first-order valence-electron chi connectivity index (χ1n) is 11.4. The number of rotatable bonds is 8. The van der Waals surface area contributed by atoms with Crippen LogP contribution in [-0.4, -0.2) is 35.6 Å². The molecule has 0 atom stereocenters. The number of aryl methyl sites for hydroxylation is 1. The lowest BCUT2D eigenvalue weighted by Gasteiger charge is -2.14. The summed E-state index contributed by atoms with van der Waals surface area (Å²) in [5.41, 5.74) is 4.09. The maximum Gasteiger partial charge on any atom is 0.294 e. The molecule has 1 N–H and O–H groups in total. The zero-order valence-electron chi connectivity index (χ0n) is 20.5. The normalized spacial score (nSPS) is 14.3. The molecule has 7 nitrogen and oxygen atoms in total. The second-order valence-electron chi connectivity index (χ2n) is 8.35. The molecule has 1 aliphatic heterocycles. The topological polar surface area (TPSA) is 84.9 Å². The Hall–Kier alpha value is -3.75. The van der Waals surface area contributed by atoms with Crippen LogP contribution in [0.15, 0.2) is 65.6 Å². The number of carbonyl (C=O) groups excluding carboxylic acids is 3. The lowest BCUT2D eigenvalue weighted by atomic mass is 10.1. The molecule has 3 amide bonds. The minimum Gasteiger partial charge on any atom is -0.493 e. The van der Waals surface area contributed by atoms with Crippen LogP contribution < -0.4 is 14.8 Å². The standard InChI is InChI=1S/C28H25ClN2O5S/c1-17-7-6-10-22(18(17)2)30-26(32)15-31-27(33)25(37-28(31)34)14-19-11-12-23(24(13-19)35-3)36-16-20-8-4-5-9-21(20)29/h4-14H,15-16H2,1-3H3,(H,30,32)/b25-14+. The van der Waals surface area contributed by atoms with Gasteiger partial charge in [0.25, 0.3) is 11.1 Å². The quantitative estimate of drug-likeness (QED) is 0.344. The van der Waals surface area contributed by atoms with Gasteiger partial charge < -0.3 is 14.8 Å². The Kier molecular flexibility index (Phi) is 8.21. The molecule has 0 saturated carbocycles. The number of hydrogen-bond acceptors (Lipinski definition) is 6. The van der Waals surface area contributed by atoms with Crippen LogP contribution in [0.2, 0.25) is 5.02 Å². The van der Waals surface area contributed by atoms with Gasteiger partial charge in [-0.05, 0) is 72.6 Å². The number of hydrogen-bond donors (Lipinski definition) is 1. The van der Waals surface area contributed by atoms with Crippen LogP contribution in [0.25, 0.3) is 6.08 Å². The van der Waals surface area contributed by atoms with Crippen LogP contribution in [0, 0.1) is 13.8 Å². The third kappa shape index (κ3) is 6.15. The molecule has 4 rings (SSSR count). The number of carbonyl (C=O) groups is 3. The molecule has 9 heteroatoms. The molecule has 190 valence electrons. The van der Waals surface area contributed by atoms with Crippen molar-refractivity contribution >= 4 is 52.2 Å². The smallest absolute Gasteiger partial charge is 0.294 e. The van der Waals surface area contributed by atoms with Crippen LogP contribution in [-0.2, 0) is 16.2 Å². The van der Waals surface area contributed by atoms with Gasteiger partial charge in [0.2, 0.25) is 5.91 Å². The van der Waals surface area contributed by atoms with E-state index in [0.717, 1.165) is 33.4 Å². The van der Waals surface area contributed by atoms with E-state index >= 15 is 0 Å². The van der Waals surface area contributed by atoms with Gasteiger partial charge in [0, 0.05) is 16.3 Å². The highest BCUT2D eigenvalue weighted by Gasteiger charge is 2.36. The van der Waals surface area contributed by atoms with Gasteiger partial charge >= 0.3 is 0 Å². The first kappa shape index (κ1) is 26.3. The van der Waals surface area contributed by atoms with E-state index in [9.17, 15) is 14.4 Å². The van der Waals surface area contributed by atoms with E-state index in [0.29, 0.717) is 27.8 Å². The van der Waals surface area contributed by atoms with Gasteiger partial charge in [-0.1, -0.05) is 48.0 Å². The van der Waals surface area contributed by atoms with E-state index in [1.54, 1.807) is 36.4 Å². The SMILES string of the molecule is COc1cc(/C=C2/SC(=O)N(CC(=O)Nc3cccc(C)c3C)C2=O)ccc1OCc1ccccc1Cl. The number of ether oxygens (including phenoxy) is 2. The summed E-state index contributed by atoms with van der Waals surface area (Å²) in [7, 11) is 1.52. The predicted molar refractivity (Wildman–Crippen MR) is 146 cm³/mol. The zero-order valence-corrected chi connectivity index (χ0v) is 22.1. The van der Waals surface area contributed by atoms with Gasteiger partial charge in [-0.3, -0.25) is 19.3 Å². The van der Waals surface area contributed by atoms with Crippen molar-refractivity contribution in [1.29, 1.82) is 0 Å². The minimum absolute atomic E-state index is 0.219. The van der Waals surface area contributed by atoms with Gasteiger partial charge in [0.05, 0.1) is 12.0 Å². The minimum atomic E-state index is -0.524. The van der Waals surface area contributed by atoms with Gasteiger partial charge in [-0.15, -0.1) is 0 Å². The zero-order chi connectivity index (χ0) is 26.5. The Bertz CT molecular complexity index is 1410. The Morgan fingerprint density at radius 1 is 1.05 bits per heavy atom. The van der Waals surface area contributed by atoms with E-state index in [1.807, 2.05) is 44.2 Å². The van der Waals surface area contributed by atoms with Gasteiger partial charge in [-0.2, -0.15) is 0 Å². The number of nitrogens with zero attached hydrogens (tertiary/aromatic N) is 1. The van der Waals surface area contributed by atoms with E-state index in [4.69, 9.17) is 21.1 Å². The van der Waals surface area contributed by atoms with Crippen LogP contribution in [0.1, 0.15) is 22.3 Å². The van der Waals surface area contributed by atoms with E-state index in [2.05, 4.69) is 5.32 Å². The Morgan fingerprint density at radius 3 is 2.59 bits per heavy atom. The highest BCUT2D eigenvalue weighted by atomic mass is 35.5. The molecule has 3 aromatic rings. The fourth-order valence-electron chi connectivity index (χ4n) is 3.67. The molecular formula is C28H25ClN2O5S. The molecule has 0 spiro atoms.